The summed E-state index contributed by atoms with van der Waals surface area (Å²) in [5.74, 6) is -1.54. The van der Waals surface area contributed by atoms with Crippen LogP contribution in [0.25, 0.3) is 0 Å². The number of aliphatic carboxylic acids is 1. The van der Waals surface area contributed by atoms with Gasteiger partial charge in [-0.05, 0) is 54.1 Å². The summed E-state index contributed by atoms with van der Waals surface area (Å²) in [5.41, 5.74) is 0.372. The molecule has 1 atom stereocenters. The predicted octanol–water partition coefficient (Wildman–Crippen LogP) is 4.21. The van der Waals surface area contributed by atoms with Gasteiger partial charge in [-0.1, -0.05) is 23.7 Å². The van der Waals surface area contributed by atoms with Gasteiger partial charge in [-0.3, -0.25) is 4.79 Å². The van der Waals surface area contributed by atoms with E-state index in [-0.39, 0.29) is 18.2 Å². The van der Waals surface area contributed by atoms with Crippen LogP contribution < -0.4 is 10.1 Å². The molecule has 2 aromatic carbocycles. The number of carbonyl (C=O) groups is 2. The number of furan rings is 1. The molecule has 0 aliphatic carbocycles. The second kappa shape index (κ2) is 8.58. The number of ether oxygens (including phenoxy) is 1. The normalized spacial score (nSPS) is 11.6. The van der Waals surface area contributed by atoms with Crippen molar-refractivity contribution >= 4 is 23.5 Å². The second-order valence-electron chi connectivity index (χ2n) is 5.80. The molecule has 1 unspecified atom stereocenters. The Balaban J connectivity index is 1.64. The van der Waals surface area contributed by atoms with E-state index in [9.17, 15) is 19.1 Å². The summed E-state index contributed by atoms with van der Waals surface area (Å²) in [6.45, 7) is 0.0262. The van der Waals surface area contributed by atoms with Gasteiger partial charge >= 0.3 is 5.97 Å². The Morgan fingerprint density at radius 3 is 2.39 bits per heavy atom. The number of nitrogens with one attached hydrogen (secondary N) is 1. The van der Waals surface area contributed by atoms with Crippen molar-refractivity contribution in [2.24, 2.45) is 0 Å². The van der Waals surface area contributed by atoms with E-state index < -0.39 is 17.9 Å². The average Bonchev–Trinajstić information content (AvgIpc) is 3.15. The first-order chi connectivity index (χ1) is 13.4. The number of hydrogen-bond acceptors (Lipinski definition) is 4. The number of carboxylic acids is 1. The molecule has 0 saturated heterocycles. The molecule has 8 heteroatoms. The van der Waals surface area contributed by atoms with Crippen LogP contribution in [0.5, 0.6) is 5.75 Å². The van der Waals surface area contributed by atoms with Gasteiger partial charge in [-0.25, -0.2) is 9.18 Å². The Morgan fingerprint density at radius 2 is 1.75 bits per heavy atom. The molecule has 0 spiro atoms. The molecule has 0 fully saturated rings. The highest BCUT2D eigenvalue weighted by atomic mass is 35.5. The summed E-state index contributed by atoms with van der Waals surface area (Å²) in [5, 5.41) is 12.3. The van der Waals surface area contributed by atoms with E-state index in [0.29, 0.717) is 22.1 Å². The monoisotopic (exact) mass is 403 g/mol. The zero-order valence-electron chi connectivity index (χ0n) is 14.4. The minimum atomic E-state index is -1.26. The molecule has 1 amide bonds. The van der Waals surface area contributed by atoms with Crippen molar-refractivity contribution < 1.29 is 28.2 Å². The summed E-state index contributed by atoms with van der Waals surface area (Å²) in [6.07, 6.45) is 0. The van der Waals surface area contributed by atoms with Crippen LogP contribution in [-0.4, -0.2) is 17.0 Å². The zero-order chi connectivity index (χ0) is 20.1. The summed E-state index contributed by atoms with van der Waals surface area (Å²) >= 11 is 5.80. The summed E-state index contributed by atoms with van der Waals surface area (Å²) < 4.78 is 23.7. The SMILES string of the molecule is O=C(NC(C(=O)O)c1ccc(Cl)cc1)c1ccc(COc2ccc(F)cc2)o1. The van der Waals surface area contributed by atoms with E-state index in [1.54, 1.807) is 0 Å². The highest BCUT2D eigenvalue weighted by Crippen LogP contribution is 2.19. The first kappa shape index (κ1) is 19.4. The summed E-state index contributed by atoms with van der Waals surface area (Å²) in [4.78, 5) is 23.9. The van der Waals surface area contributed by atoms with E-state index in [0.717, 1.165) is 0 Å². The fourth-order valence-electron chi connectivity index (χ4n) is 2.41. The second-order valence-corrected chi connectivity index (χ2v) is 6.24. The van der Waals surface area contributed by atoms with Crippen molar-refractivity contribution in [1.82, 2.24) is 5.32 Å². The maximum atomic E-state index is 12.9. The molecular weight excluding hydrogens is 389 g/mol. The Morgan fingerprint density at radius 1 is 1.07 bits per heavy atom. The third-order valence-electron chi connectivity index (χ3n) is 3.81. The van der Waals surface area contributed by atoms with Gasteiger partial charge in [0.2, 0.25) is 0 Å². The number of carbonyl (C=O) groups excluding carboxylic acids is 1. The van der Waals surface area contributed by atoms with Crippen LogP contribution in [-0.2, 0) is 11.4 Å². The van der Waals surface area contributed by atoms with E-state index in [1.165, 1.54) is 60.7 Å². The fourth-order valence-corrected chi connectivity index (χ4v) is 2.53. The minimum Gasteiger partial charge on any atom is -0.486 e. The average molecular weight is 404 g/mol. The van der Waals surface area contributed by atoms with Crippen LogP contribution in [0.3, 0.4) is 0 Å². The van der Waals surface area contributed by atoms with Crippen molar-refractivity contribution in [3.8, 4) is 5.75 Å². The largest absolute Gasteiger partial charge is 0.486 e. The minimum absolute atomic E-state index is 0.0262. The quantitative estimate of drug-likeness (QED) is 0.617. The molecule has 6 nitrogen and oxygen atoms in total. The number of carboxylic acid groups (broad SMARTS) is 1. The zero-order valence-corrected chi connectivity index (χ0v) is 15.2. The van der Waals surface area contributed by atoms with Gasteiger partial charge in [-0.2, -0.15) is 0 Å². The third-order valence-corrected chi connectivity index (χ3v) is 4.06. The fraction of sp³-hybridized carbons (Fsp3) is 0.100. The predicted molar refractivity (Wildman–Crippen MR) is 98.7 cm³/mol. The lowest BCUT2D eigenvalue weighted by Gasteiger charge is -2.14. The van der Waals surface area contributed by atoms with Gasteiger partial charge in [0.05, 0.1) is 0 Å². The van der Waals surface area contributed by atoms with E-state index >= 15 is 0 Å². The highest BCUT2D eigenvalue weighted by Gasteiger charge is 2.24. The van der Waals surface area contributed by atoms with Crippen molar-refractivity contribution in [2.75, 3.05) is 0 Å². The molecule has 0 bridgehead atoms. The Labute approximate surface area is 164 Å². The van der Waals surface area contributed by atoms with E-state index in [1.807, 2.05) is 0 Å². The van der Waals surface area contributed by atoms with Crippen LogP contribution in [0.15, 0.2) is 65.1 Å². The first-order valence-electron chi connectivity index (χ1n) is 8.18. The van der Waals surface area contributed by atoms with E-state index in [4.69, 9.17) is 20.8 Å². The topological polar surface area (TPSA) is 88.8 Å². The van der Waals surface area contributed by atoms with Gasteiger partial charge < -0.3 is 19.6 Å². The van der Waals surface area contributed by atoms with Gasteiger partial charge in [0, 0.05) is 5.02 Å². The standard InChI is InChI=1S/C20H15ClFNO5/c21-13-3-1-12(2-4-13)18(20(25)26)23-19(24)17-10-9-16(28-17)11-27-15-7-5-14(22)6-8-15/h1-10,18H,11H2,(H,23,24)(H,25,26). The molecule has 2 N–H and O–H groups in total. The maximum Gasteiger partial charge on any atom is 0.330 e. The van der Waals surface area contributed by atoms with Crippen LogP contribution >= 0.6 is 11.6 Å². The summed E-state index contributed by atoms with van der Waals surface area (Å²) in [7, 11) is 0. The Hall–Kier alpha value is -3.32. The van der Waals surface area contributed by atoms with E-state index in [2.05, 4.69) is 5.32 Å². The van der Waals surface area contributed by atoms with Crippen molar-refractivity contribution in [1.29, 1.82) is 0 Å². The van der Waals surface area contributed by atoms with Crippen LogP contribution in [0.4, 0.5) is 4.39 Å². The Kier molecular flexibility index (Phi) is 5.96. The molecule has 0 saturated carbocycles. The molecule has 1 heterocycles. The Bertz CT molecular complexity index is 969. The van der Waals surface area contributed by atoms with Gasteiger partial charge in [0.1, 0.15) is 23.9 Å². The molecule has 3 rings (SSSR count). The number of halogens is 2. The molecular formula is C20H15ClFNO5. The number of rotatable bonds is 7. The molecule has 1 aromatic heterocycles. The molecule has 28 heavy (non-hydrogen) atoms. The lowest BCUT2D eigenvalue weighted by atomic mass is 10.1. The molecule has 0 aliphatic rings. The molecule has 0 aliphatic heterocycles. The molecule has 3 aromatic rings. The number of hydrogen-bond donors (Lipinski definition) is 2. The van der Waals surface area contributed by atoms with Crippen molar-refractivity contribution in [3.63, 3.8) is 0 Å². The smallest absolute Gasteiger partial charge is 0.330 e. The number of benzene rings is 2. The first-order valence-corrected chi connectivity index (χ1v) is 8.56. The van der Waals surface area contributed by atoms with Gasteiger partial charge in [-0.15, -0.1) is 0 Å². The van der Waals surface area contributed by atoms with Crippen molar-refractivity contribution in [2.45, 2.75) is 12.6 Å². The maximum absolute atomic E-state index is 12.9. The van der Waals surface area contributed by atoms with Gasteiger partial charge in [0.25, 0.3) is 5.91 Å². The van der Waals surface area contributed by atoms with Gasteiger partial charge in [0.15, 0.2) is 11.8 Å². The lowest BCUT2D eigenvalue weighted by molar-refractivity contribution is -0.139. The highest BCUT2D eigenvalue weighted by molar-refractivity contribution is 6.30. The number of amides is 1. The van der Waals surface area contributed by atoms with Crippen LogP contribution in [0.2, 0.25) is 5.02 Å². The van der Waals surface area contributed by atoms with Crippen LogP contribution in [0, 0.1) is 5.82 Å². The third kappa shape index (κ3) is 4.89. The van der Waals surface area contributed by atoms with Crippen LogP contribution in [0.1, 0.15) is 27.9 Å². The van der Waals surface area contributed by atoms with Crippen molar-refractivity contribution in [3.05, 3.63) is 88.6 Å². The molecule has 0 radical (unpaired) electrons. The lowest BCUT2D eigenvalue weighted by Crippen LogP contribution is -2.33. The molecule has 144 valence electrons. The summed E-state index contributed by atoms with van der Waals surface area (Å²) in [6, 6.07) is 13.3.